The Balaban J connectivity index is 1.95. The van der Waals surface area contributed by atoms with Crippen molar-refractivity contribution in [2.45, 2.75) is 32.7 Å². The molecule has 26 heavy (non-hydrogen) atoms. The number of carbonyl (C=O) groups excluding carboxylic acids is 1. The number of hydrogen-bond acceptors (Lipinski definition) is 6. The number of carbonyl (C=O) groups is 1. The van der Waals surface area contributed by atoms with Gasteiger partial charge in [-0.2, -0.15) is 10.1 Å². The Morgan fingerprint density at radius 1 is 1.23 bits per heavy atom. The van der Waals surface area contributed by atoms with Crippen molar-refractivity contribution in [3.63, 3.8) is 0 Å². The van der Waals surface area contributed by atoms with E-state index >= 15 is 0 Å². The summed E-state index contributed by atoms with van der Waals surface area (Å²) in [5.41, 5.74) is 2.39. The van der Waals surface area contributed by atoms with E-state index in [1.165, 1.54) is 6.33 Å². The van der Waals surface area contributed by atoms with Crippen molar-refractivity contribution in [3.8, 4) is 11.5 Å². The molecule has 2 aromatic rings. The van der Waals surface area contributed by atoms with Gasteiger partial charge in [-0.1, -0.05) is 26.0 Å². The fraction of sp³-hybridized carbons (Fsp3) is 0.421. The number of benzene rings is 1. The van der Waals surface area contributed by atoms with Crippen LogP contribution in [0.25, 0.3) is 0 Å². The molecule has 1 unspecified atom stereocenters. The zero-order chi connectivity index (χ0) is 18.5. The van der Waals surface area contributed by atoms with E-state index in [1.807, 2.05) is 18.2 Å². The molecule has 0 amide bonds. The molecule has 2 heterocycles. The van der Waals surface area contributed by atoms with Crippen LogP contribution in [0, 0.1) is 5.41 Å². The standard InChI is InChI=1S/C19H22N4O3/c1-19(2)8-12-15(13(24)9-19)16(23-18(22-12)20-10-21-23)11-6-5-7-14(25-3)17(11)26-4/h5-7,10,16H,8-9H2,1-4H3,(H,20,21,22). The second-order valence-electron chi connectivity index (χ2n) is 7.47. The summed E-state index contributed by atoms with van der Waals surface area (Å²) in [6.45, 7) is 4.22. The van der Waals surface area contributed by atoms with Crippen molar-refractivity contribution in [2.24, 2.45) is 5.41 Å². The van der Waals surface area contributed by atoms with Crippen LogP contribution in [0.5, 0.6) is 11.5 Å². The number of hydrogen-bond donors (Lipinski definition) is 1. The summed E-state index contributed by atoms with van der Waals surface area (Å²) in [6.07, 6.45) is 2.78. The van der Waals surface area contributed by atoms with Gasteiger partial charge in [-0.15, -0.1) is 0 Å². The third kappa shape index (κ3) is 2.46. The van der Waals surface area contributed by atoms with Crippen LogP contribution in [0.15, 0.2) is 35.8 Å². The largest absolute Gasteiger partial charge is 0.493 e. The average molecular weight is 354 g/mol. The number of methoxy groups -OCH3 is 2. The number of anilines is 1. The number of aromatic nitrogens is 3. The van der Waals surface area contributed by atoms with E-state index in [4.69, 9.17) is 9.47 Å². The fourth-order valence-electron chi connectivity index (χ4n) is 3.96. The number of fused-ring (bicyclic) bond motifs is 1. The van der Waals surface area contributed by atoms with E-state index in [-0.39, 0.29) is 11.2 Å². The quantitative estimate of drug-likeness (QED) is 0.913. The third-order valence-electron chi connectivity index (χ3n) is 5.00. The van der Waals surface area contributed by atoms with Crippen LogP contribution in [-0.4, -0.2) is 34.8 Å². The number of rotatable bonds is 3. The van der Waals surface area contributed by atoms with Crippen LogP contribution >= 0.6 is 0 Å². The molecule has 0 fully saturated rings. The maximum atomic E-state index is 13.1. The molecule has 0 bridgehead atoms. The predicted octanol–water partition coefficient (Wildman–Crippen LogP) is 2.95. The molecule has 0 saturated carbocycles. The van der Waals surface area contributed by atoms with E-state index < -0.39 is 6.04 Å². The zero-order valence-electron chi connectivity index (χ0n) is 15.4. The van der Waals surface area contributed by atoms with Gasteiger partial charge in [0.25, 0.3) is 0 Å². The second-order valence-corrected chi connectivity index (χ2v) is 7.47. The Morgan fingerprint density at radius 2 is 2.04 bits per heavy atom. The molecule has 2 aliphatic rings. The summed E-state index contributed by atoms with van der Waals surface area (Å²) in [4.78, 5) is 17.4. The Bertz CT molecular complexity index is 913. The molecule has 1 N–H and O–H groups in total. The summed E-state index contributed by atoms with van der Waals surface area (Å²) < 4.78 is 12.8. The topological polar surface area (TPSA) is 78.3 Å². The zero-order valence-corrected chi connectivity index (χ0v) is 15.4. The lowest BCUT2D eigenvalue weighted by atomic mass is 9.73. The molecular formula is C19H22N4O3. The smallest absolute Gasteiger partial charge is 0.226 e. The molecule has 1 aromatic heterocycles. The summed E-state index contributed by atoms with van der Waals surface area (Å²) >= 11 is 0. The Morgan fingerprint density at radius 3 is 2.77 bits per heavy atom. The van der Waals surface area contributed by atoms with Gasteiger partial charge in [0.15, 0.2) is 17.3 Å². The second kappa shape index (κ2) is 5.86. The molecule has 1 aliphatic heterocycles. The van der Waals surface area contributed by atoms with Crippen molar-refractivity contribution in [1.29, 1.82) is 0 Å². The summed E-state index contributed by atoms with van der Waals surface area (Å²) in [6, 6.07) is 5.29. The van der Waals surface area contributed by atoms with E-state index in [1.54, 1.807) is 18.9 Å². The molecule has 0 radical (unpaired) electrons. The predicted molar refractivity (Wildman–Crippen MR) is 96.4 cm³/mol. The van der Waals surface area contributed by atoms with Crippen LogP contribution in [-0.2, 0) is 4.79 Å². The lowest BCUT2D eigenvalue weighted by Crippen LogP contribution is -2.36. The minimum Gasteiger partial charge on any atom is -0.493 e. The average Bonchev–Trinajstić information content (AvgIpc) is 3.06. The van der Waals surface area contributed by atoms with Crippen molar-refractivity contribution >= 4 is 11.7 Å². The van der Waals surface area contributed by atoms with Crippen LogP contribution in [0.3, 0.4) is 0 Å². The molecule has 1 aromatic carbocycles. The molecule has 0 spiro atoms. The van der Waals surface area contributed by atoms with E-state index in [0.717, 1.165) is 23.3 Å². The number of nitrogens with one attached hydrogen (secondary N) is 1. The maximum Gasteiger partial charge on any atom is 0.226 e. The minimum atomic E-state index is -0.391. The van der Waals surface area contributed by atoms with Gasteiger partial charge in [-0.3, -0.25) is 4.79 Å². The number of allylic oxidation sites excluding steroid dienone is 2. The number of ketones is 1. The maximum absolute atomic E-state index is 13.1. The number of ether oxygens (including phenoxy) is 2. The lowest BCUT2D eigenvalue weighted by molar-refractivity contribution is -0.118. The van der Waals surface area contributed by atoms with Gasteiger partial charge in [0.2, 0.25) is 5.95 Å². The van der Waals surface area contributed by atoms with Crippen molar-refractivity contribution in [2.75, 3.05) is 19.5 Å². The van der Waals surface area contributed by atoms with E-state index in [0.29, 0.717) is 23.9 Å². The molecule has 7 nitrogen and oxygen atoms in total. The SMILES string of the molecule is COc1cccc(C2C3=C(CC(C)(C)CC3=O)Nc3ncnn32)c1OC. The van der Waals surface area contributed by atoms with Crippen LogP contribution in [0.2, 0.25) is 0 Å². The normalized spacial score (nSPS) is 20.9. The van der Waals surface area contributed by atoms with Crippen molar-refractivity contribution in [1.82, 2.24) is 14.8 Å². The Hall–Kier alpha value is -2.83. The van der Waals surface area contributed by atoms with Gasteiger partial charge in [-0.05, 0) is 17.9 Å². The highest BCUT2D eigenvalue weighted by molar-refractivity contribution is 6.00. The third-order valence-corrected chi connectivity index (χ3v) is 5.00. The molecule has 7 heteroatoms. The van der Waals surface area contributed by atoms with Crippen molar-refractivity contribution < 1.29 is 14.3 Å². The van der Waals surface area contributed by atoms with Crippen LogP contribution < -0.4 is 14.8 Å². The van der Waals surface area contributed by atoms with Crippen LogP contribution in [0.4, 0.5) is 5.95 Å². The first-order valence-corrected chi connectivity index (χ1v) is 8.59. The van der Waals surface area contributed by atoms with Gasteiger partial charge < -0.3 is 14.8 Å². The van der Waals surface area contributed by atoms with E-state index in [9.17, 15) is 4.79 Å². The van der Waals surface area contributed by atoms with E-state index in [2.05, 4.69) is 29.2 Å². The molecular weight excluding hydrogens is 332 g/mol. The number of nitrogens with zero attached hydrogens (tertiary/aromatic N) is 3. The van der Waals surface area contributed by atoms with Gasteiger partial charge in [0.1, 0.15) is 12.4 Å². The van der Waals surface area contributed by atoms with Gasteiger partial charge in [-0.25, -0.2) is 4.68 Å². The number of para-hydroxylation sites is 1. The molecule has 136 valence electrons. The lowest BCUT2D eigenvalue weighted by Gasteiger charge is -2.38. The first-order valence-electron chi connectivity index (χ1n) is 8.59. The van der Waals surface area contributed by atoms with Crippen LogP contribution in [0.1, 0.15) is 38.3 Å². The molecule has 1 atom stereocenters. The fourth-order valence-corrected chi connectivity index (χ4v) is 3.96. The molecule has 1 aliphatic carbocycles. The highest BCUT2D eigenvalue weighted by Crippen LogP contribution is 2.48. The first kappa shape index (κ1) is 16.6. The highest BCUT2D eigenvalue weighted by atomic mass is 16.5. The monoisotopic (exact) mass is 354 g/mol. The Kier molecular flexibility index (Phi) is 3.75. The highest BCUT2D eigenvalue weighted by Gasteiger charge is 2.42. The first-order chi connectivity index (χ1) is 12.4. The summed E-state index contributed by atoms with van der Waals surface area (Å²) in [5, 5.41) is 7.67. The van der Waals surface area contributed by atoms with Gasteiger partial charge in [0.05, 0.1) is 14.2 Å². The van der Waals surface area contributed by atoms with Gasteiger partial charge in [0, 0.05) is 23.3 Å². The summed E-state index contributed by atoms with van der Waals surface area (Å²) in [5.74, 6) is 1.98. The molecule has 4 rings (SSSR count). The van der Waals surface area contributed by atoms with Gasteiger partial charge >= 0.3 is 0 Å². The molecule has 0 saturated heterocycles. The van der Waals surface area contributed by atoms with Crippen molar-refractivity contribution in [3.05, 3.63) is 41.4 Å². The number of Topliss-reactive ketones (excluding diaryl/α,β-unsaturated/α-hetero) is 1. The Labute approximate surface area is 152 Å². The summed E-state index contributed by atoms with van der Waals surface area (Å²) in [7, 11) is 3.20. The minimum absolute atomic E-state index is 0.0892.